The molecule has 0 atom stereocenters. The molecule has 0 bridgehead atoms. The van der Waals surface area contributed by atoms with Gasteiger partial charge >= 0.3 is 0 Å². The summed E-state index contributed by atoms with van der Waals surface area (Å²) in [6.07, 6.45) is 3.85. The Morgan fingerprint density at radius 3 is 2.59 bits per heavy atom. The summed E-state index contributed by atoms with van der Waals surface area (Å²) >= 11 is 1.28. The van der Waals surface area contributed by atoms with E-state index in [0.717, 1.165) is 30.6 Å². The van der Waals surface area contributed by atoms with Gasteiger partial charge in [-0.25, -0.2) is 13.4 Å². The Kier molecular flexibility index (Phi) is 6.87. The number of guanidine groups is 1. The van der Waals surface area contributed by atoms with Crippen molar-refractivity contribution >= 4 is 27.3 Å². The third kappa shape index (κ3) is 5.54. The van der Waals surface area contributed by atoms with Crippen LogP contribution in [0.3, 0.4) is 0 Å². The number of thiophene rings is 1. The number of aliphatic imine (C=N–C) groups is 1. The van der Waals surface area contributed by atoms with E-state index in [4.69, 9.17) is 5.73 Å². The monoisotopic (exact) mass is 406 g/mol. The van der Waals surface area contributed by atoms with Gasteiger partial charge < -0.3 is 11.1 Å². The minimum Gasteiger partial charge on any atom is -0.370 e. The highest BCUT2D eigenvalue weighted by molar-refractivity contribution is 7.91. The average Bonchev–Trinajstić information content (AvgIpc) is 3.18. The summed E-state index contributed by atoms with van der Waals surface area (Å²) in [5, 5.41) is 3.10. The van der Waals surface area contributed by atoms with E-state index >= 15 is 0 Å². The molecule has 1 fully saturated rings. The first-order chi connectivity index (χ1) is 13.1. The molecule has 1 saturated heterocycles. The van der Waals surface area contributed by atoms with Crippen LogP contribution in [0.25, 0.3) is 0 Å². The largest absolute Gasteiger partial charge is 0.370 e. The number of nitrogens with one attached hydrogen (secondary N) is 1. The van der Waals surface area contributed by atoms with Gasteiger partial charge in [0.25, 0.3) is 10.0 Å². The van der Waals surface area contributed by atoms with Crippen molar-refractivity contribution in [2.24, 2.45) is 10.7 Å². The average molecular weight is 407 g/mol. The van der Waals surface area contributed by atoms with Crippen LogP contribution in [0.15, 0.2) is 51.7 Å². The lowest BCUT2D eigenvalue weighted by Crippen LogP contribution is -2.35. The Balaban J connectivity index is 1.51. The first-order valence-corrected chi connectivity index (χ1v) is 11.5. The summed E-state index contributed by atoms with van der Waals surface area (Å²) < 4.78 is 27.3. The quantitative estimate of drug-likeness (QED) is 0.546. The van der Waals surface area contributed by atoms with E-state index in [2.05, 4.69) is 22.4 Å². The van der Waals surface area contributed by atoms with Crippen molar-refractivity contribution in [3.05, 3.63) is 52.9 Å². The Morgan fingerprint density at radius 1 is 1.11 bits per heavy atom. The van der Waals surface area contributed by atoms with Gasteiger partial charge in [-0.15, -0.1) is 11.3 Å². The number of piperidine rings is 1. The standard InChI is InChI=1S/C19H26N4O2S2/c20-19(21-12-11-16-7-3-1-4-8-16)22-15-17-9-10-18(26-17)27(24,25)23-13-5-2-6-14-23/h1,3-4,7-10H,2,5-6,11-15H2,(H3,20,21,22). The van der Waals surface area contributed by atoms with Crippen LogP contribution in [-0.4, -0.2) is 38.3 Å². The Labute approximate surface area is 165 Å². The van der Waals surface area contributed by atoms with Crippen LogP contribution in [0.5, 0.6) is 0 Å². The molecule has 0 spiro atoms. The molecule has 0 amide bonds. The second kappa shape index (κ2) is 9.34. The zero-order valence-electron chi connectivity index (χ0n) is 15.3. The zero-order valence-corrected chi connectivity index (χ0v) is 16.9. The van der Waals surface area contributed by atoms with Crippen LogP contribution >= 0.6 is 11.3 Å². The second-order valence-corrected chi connectivity index (χ2v) is 9.88. The van der Waals surface area contributed by atoms with Gasteiger partial charge in [0.1, 0.15) is 4.21 Å². The molecule has 0 unspecified atom stereocenters. The fourth-order valence-corrected chi connectivity index (χ4v) is 5.96. The van der Waals surface area contributed by atoms with Crippen LogP contribution in [0, 0.1) is 0 Å². The number of rotatable bonds is 7. The lowest BCUT2D eigenvalue weighted by atomic mass is 10.1. The second-order valence-electron chi connectivity index (χ2n) is 6.55. The molecule has 1 aliphatic heterocycles. The van der Waals surface area contributed by atoms with E-state index in [0.29, 0.717) is 36.3 Å². The first kappa shape index (κ1) is 19.9. The number of nitrogens with two attached hydrogens (primary N) is 1. The summed E-state index contributed by atoms with van der Waals surface area (Å²) in [6.45, 7) is 2.32. The molecule has 146 valence electrons. The SMILES string of the molecule is NC(=NCc1ccc(S(=O)(=O)N2CCCCC2)s1)NCCc1ccccc1. The number of benzene rings is 1. The predicted molar refractivity (Wildman–Crippen MR) is 110 cm³/mol. The molecule has 2 aromatic rings. The molecule has 0 saturated carbocycles. The molecule has 1 aromatic heterocycles. The fraction of sp³-hybridized carbons (Fsp3) is 0.421. The summed E-state index contributed by atoms with van der Waals surface area (Å²) in [5.41, 5.74) is 7.15. The molecule has 1 aromatic carbocycles. The fourth-order valence-electron chi connectivity index (χ4n) is 3.01. The highest BCUT2D eigenvalue weighted by atomic mass is 32.2. The molecule has 0 radical (unpaired) electrons. The summed E-state index contributed by atoms with van der Waals surface area (Å²) in [7, 11) is -3.37. The number of sulfonamides is 1. The van der Waals surface area contributed by atoms with E-state index in [-0.39, 0.29) is 0 Å². The Morgan fingerprint density at radius 2 is 1.85 bits per heavy atom. The normalized spacial score (nSPS) is 16.4. The molecule has 1 aliphatic rings. The molecule has 0 aliphatic carbocycles. The van der Waals surface area contributed by atoms with E-state index < -0.39 is 10.0 Å². The molecule has 2 heterocycles. The van der Waals surface area contributed by atoms with Gasteiger partial charge in [0, 0.05) is 24.5 Å². The van der Waals surface area contributed by atoms with E-state index in [1.165, 1.54) is 16.9 Å². The minimum absolute atomic E-state index is 0.375. The van der Waals surface area contributed by atoms with Gasteiger partial charge in [-0.05, 0) is 37.0 Å². The van der Waals surface area contributed by atoms with Crippen molar-refractivity contribution in [1.82, 2.24) is 9.62 Å². The molecule has 27 heavy (non-hydrogen) atoms. The van der Waals surface area contributed by atoms with Crippen molar-refractivity contribution in [2.75, 3.05) is 19.6 Å². The van der Waals surface area contributed by atoms with Gasteiger partial charge in [0.05, 0.1) is 6.54 Å². The molecular formula is C19H26N4O2S2. The van der Waals surface area contributed by atoms with Crippen molar-refractivity contribution < 1.29 is 8.42 Å². The zero-order chi connectivity index (χ0) is 19.1. The smallest absolute Gasteiger partial charge is 0.252 e. The lowest BCUT2D eigenvalue weighted by molar-refractivity contribution is 0.347. The van der Waals surface area contributed by atoms with Crippen LogP contribution in [0.1, 0.15) is 29.7 Å². The maximum Gasteiger partial charge on any atom is 0.252 e. The van der Waals surface area contributed by atoms with Gasteiger partial charge in [-0.1, -0.05) is 36.8 Å². The number of hydrogen-bond donors (Lipinski definition) is 2. The van der Waals surface area contributed by atoms with Gasteiger partial charge in [0.2, 0.25) is 0 Å². The predicted octanol–water partition coefficient (Wildman–Crippen LogP) is 2.57. The Hall–Kier alpha value is -1.90. The lowest BCUT2D eigenvalue weighted by Gasteiger charge is -2.25. The van der Waals surface area contributed by atoms with Crippen molar-refractivity contribution in [3.63, 3.8) is 0 Å². The Bertz CT molecular complexity index is 857. The minimum atomic E-state index is -3.37. The van der Waals surface area contributed by atoms with Crippen LogP contribution in [0.2, 0.25) is 0 Å². The van der Waals surface area contributed by atoms with Crippen molar-refractivity contribution in [1.29, 1.82) is 0 Å². The maximum atomic E-state index is 12.7. The van der Waals surface area contributed by atoms with Crippen molar-refractivity contribution in [2.45, 2.75) is 36.4 Å². The highest BCUT2D eigenvalue weighted by Crippen LogP contribution is 2.27. The summed E-state index contributed by atoms with van der Waals surface area (Å²) in [6, 6.07) is 13.7. The number of nitrogens with zero attached hydrogens (tertiary/aromatic N) is 2. The maximum absolute atomic E-state index is 12.7. The summed E-state index contributed by atoms with van der Waals surface area (Å²) in [5.74, 6) is 0.375. The first-order valence-electron chi connectivity index (χ1n) is 9.22. The third-order valence-corrected chi connectivity index (χ3v) is 7.95. The van der Waals surface area contributed by atoms with E-state index in [1.807, 2.05) is 24.3 Å². The number of hydrogen-bond acceptors (Lipinski definition) is 4. The summed E-state index contributed by atoms with van der Waals surface area (Å²) in [4.78, 5) is 5.21. The topological polar surface area (TPSA) is 87.8 Å². The van der Waals surface area contributed by atoms with Gasteiger partial charge in [-0.2, -0.15) is 4.31 Å². The molecule has 6 nitrogen and oxygen atoms in total. The van der Waals surface area contributed by atoms with E-state index in [9.17, 15) is 8.42 Å². The molecule has 3 N–H and O–H groups in total. The molecular weight excluding hydrogens is 380 g/mol. The van der Waals surface area contributed by atoms with Crippen molar-refractivity contribution in [3.8, 4) is 0 Å². The van der Waals surface area contributed by atoms with Crippen LogP contribution in [0.4, 0.5) is 0 Å². The van der Waals surface area contributed by atoms with Crippen LogP contribution in [-0.2, 0) is 23.0 Å². The van der Waals surface area contributed by atoms with E-state index in [1.54, 1.807) is 10.4 Å². The van der Waals surface area contributed by atoms with Gasteiger partial charge in [-0.3, -0.25) is 0 Å². The van der Waals surface area contributed by atoms with Crippen LogP contribution < -0.4 is 11.1 Å². The third-order valence-electron chi connectivity index (χ3n) is 4.51. The highest BCUT2D eigenvalue weighted by Gasteiger charge is 2.27. The molecule has 8 heteroatoms. The molecule has 3 rings (SSSR count). The van der Waals surface area contributed by atoms with Gasteiger partial charge in [0.15, 0.2) is 5.96 Å².